The summed E-state index contributed by atoms with van der Waals surface area (Å²) in [4.78, 5) is 13.5. The van der Waals surface area contributed by atoms with Crippen molar-refractivity contribution in [2.24, 2.45) is 0 Å². The van der Waals surface area contributed by atoms with Crippen LogP contribution in [0.15, 0.2) is 33.7 Å². The van der Waals surface area contributed by atoms with Gasteiger partial charge in [-0.15, -0.1) is 4.83 Å². The molecule has 10 heteroatoms. The molecular weight excluding hydrogens is 346 g/mol. The smallest absolute Gasteiger partial charge is 0.272 e. The number of aryl methyl sites for hydroxylation is 2. The summed E-state index contributed by atoms with van der Waals surface area (Å²) >= 11 is 5.72. The Morgan fingerprint density at radius 2 is 1.96 bits per heavy atom. The van der Waals surface area contributed by atoms with E-state index in [1.165, 1.54) is 13.8 Å². The molecule has 2 N–H and O–H groups in total. The lowest BCUT2D eigenvalue weighted by molar-refractivity contribution is -0.123. The van der Waals surface area contributed by atoms with Gasteiger partial charge in [0.15, 0.2) is 12.4 Å². The molecule has 0 bridgehead atoms. The van der Waals surface area contributed by atoms with Gasteiger partial charge in [-0.25, -0.2) is 8.42 Å². The maximum atomic E-state index is 12.1. The van der Waals surface area contributed by atoms with Gasteiger partial charge in [0, 0.05) is 5.02 Å². The molecule has 2 rings (SSSR count). The number of amides is 1. The zero-order valence-corrected chi connectivity index (χ0v) is 13.9. The van der Waals surface area contributed by atoms with Crippen LogP contribution in [0.3, 0.4) is 0 Å². The van der Waals surface area contributed by atoms with Crippen LogP contribution in [0.4, 0.5) is 0 Å². The average Bonchev–Trinajstić information content (AvgIpc) is 2.84. The highest BCUT2D eigenvalue weighted by Crippen LogP contribution is 2.18. The topological polar surface area (TPSA) is 111 Å². The van der Waals surface area contributed by atoms with E-state index < -0.39 is 15.9 Å². The SMILES string of the molecule is Cc1noc(C)c1S(=O)(=O)NNC(=O)COc1ccc(Cl)cc1. The summed E-state index contributed by atoms with van der Waals surface area (Å²) in [6, 6.07) is 6.39. The molecule has 23 heavy (non-hydrogen) atoms. The Morgan fingerprint density at radius 3 is 2.52 bits per heavy atom. The second kappa shape index (κ2) is 6.99. The molecular formula is C13H14ClN3O5S. The number of hydrogen-bond acceptors (Lipinski definition) is 6. The average molecular weight is 360 g/mol. The highest BCUT2D eigenvalue weighted by Gasteiger charge is 2.24. The van der Waals surface area contributed by atoms with Crippen molar-refractivity contribution in [2.45, 2.75) is 18.7 Å². The Balaban J connectivity index is 1.90. The fraction of sp³-hybridized carbons (Fsp3) is 0.231. The molecule has 1 heterocycles. The molecule has 0 atom stereocenters. The third-order valence-electron chi connectivity index (χ3n) is 2.74. The molecule has 124 valence electrons. The third-order valence-corrected chi connectivity index (χ3v) is 4.49. The van der Waals surface area contributed by atoms with E-state index in [1.54, 1.807) is 24.3 Å². The number of nitrogens with zero attached hydrogens (tertiary/aromatic N) is 1. The largest absolute Gasteiger partial charge is 0.484 e. The Hall–Kier alpha value is -2.10. The molecule has 0 aliphatic heterocycles. The standard InChI is InChI=1S/C13H14ClN3O5S/c1-8-13(9(2)22-16-8)23(19,20)17-15-12(18)7-21-11-5-3-10(14)4-6-11/h3-6,17H,7H2,1-2H3,(H,15,18). The van der Waals surface area contributed by atoms with Gasteiger partial charge in [0.25, 0.3) is 15.9 Å². The minimum Gasteiger partial charge on any atom is -0.484 e. The molecule has 0 fully saturated rings. The number of hydrogen-bond donors (Lipinski definition) is 2. The summed E-state index contributed by atoms with van der Waals surface area (Å²) in [7, 11) is -3.97. The molecule has 1 amide bonds. The lowest BCUT2D eigenvalue weighted by Crippen LogP contribution is -2.44. The first-order valence-electron chi connectivity index (χ1n) is 6.41. The zero-order chi connectivity index (χ0) is 17.0. The molecule has 2 aromatic rings. The van der Waals surface area contributed by atoms with Crippen LogP contribution in [0, 0.1) is 13.8 Å². The minimum atomic E-state index is -3.97. The quantitative estimate of drug-likeness (QED) is 0.753. The number of hydrazine groups is 1. The van der Waals surface area contributed by atoms with Crippen LogP contribution in [-0.4, -0.2) is 26.1 Å². The second-order valence-electron chi connectivity index (χ2n) is 4.55. The van der Waals surface area contributed by atoms with Gasteiger partial charge in [0.2, 0.25) is 0 Å². The van der Waals surface area contributed by atoms with Crippen molar-refractivity contribution in [2.75, 3.05) is 6.61 Å². The Kier molecular flexibility index (Phi) is 5.24. The molecule has 0 unspecified atom stereocenters. The minimum absolute atomic E-state index is 0.114. The van der Waals surface area contributed by atoms with E-state index in [9.17, 15) is 13.2 Å². The summed E-state index contributed by atoms with van der Waals surface area (Å²) in [5, 5.41) is 4.09. The number of sulfonamides is 1. The Morgan fingerprint density at radius 1 is 1.30 bits per heavy atom. The molecule has 0 radical (unpaired) electrons. The van der Waals surface area contributed by atoms with Crippen molar-refractivity contribution in [3.05, 3.63) is 40.7 Å². The summed E-state index contributed by atoms with van der Waals surface area (Å²) in [5.74, 6) is -0.116. The number of carbonyl (C=O) groups excluding carboxylic acids is 1. The molecule has 1 aromatic heterocycles. The van der Waals surface area contributed by atoms with E-state index in [1.807, 2.05) is 10.3 Å². The molecule has 0 aliphatic rings. The number of ether oxygens (including phenoxy) is 1. The maximum absolute atomic E-state index is 12.1. The van der Waals surface area contributed by atoms with Gasteiger partial charge < -0.3 is 9.26 Å². The van der Waals surface area contributed by atoms with Gasteiger partial charge in [-0.2, -0.15) is 0 Å². The first-order valence-corrected chi connectivity index (χ1v) is 8.27. The van der Waals surface area contributed by atoms with Crippen molar-refractivity contribution in [1.29, 1.82) is 0 Å². The number of aromatic nitrogens is 1. The number of nitrogens with one attached hydrogen (secondary N) is 2. The molecule has 8 nitrogen and oxygen atoms in total. The van der Waals surface area contributed by atoms with Crippen molar-refractivity contribution < 1.29 is 22.5 Å². The lowest BCUT2D eigenvalue weighted by atomic mass is 10.3. The van der Waals surface area contributed by atoms with E-state index in [-0.39, 0.29) is 23.0 Å². The van der Waals surface area contributed by atoms with Crippen molar-refractivity contribution >= 4 is 27.5 Å². The van der Waals surface area contributed by atoms with E-state index in [4.69, 9.17) is 20.9 Å². The van der Waals surface area contributed by atoms with Crippen LogP contribution in [0.2, 0.25) is 5.02 Å². The first-order chi connectivity index (χ1) is 10.8. The van der Waals surface area contributed by atoms with Gasteiger partial charge in [-0.05, 0) is 38.1 Å². The molecule has 0 saturated carbocycles. The number of rotatable bonds is 6. The van der Waals surface area contributed by atoms with Crippen LogP contribution in [-0.2, 0) is 14.8 Å². The Bertz CT molecular complexity index is 782. The summed E-state index contributed by atoms with van der Waals surface area (Å²) < 4.78 is 34.1. The molecule has 0 spiro atoms. The Labute approximate surface area is 137 Å². The van der Waals surface area contributed by atoms with E-state index in [2.05, 4.69) is 5.16 Å². The molecule has 1 aromatic carbocycles. The number of halogens is 1. The first kappa shape index (κ1) is 17.3. The monoisotopic (exact) mass is 359 g/mol. The van der Waals surface area contributed by atoms with Crippen LogP contribution in [0.25, 0.3) is 0 Å². The second-order valence-corrected chi connectivity index (χ2v) is 6.61. The summed E-state index contributed by atoms with van der Waals surface area (Å²) in [6.45, 7) is 2.57. The maximum Gasteiger partial charge on any atom is 0.272 e. The van der Waals surface area contributed by atoms with E-state index in [0.29, 0.717) is 10.8 Å². The normalized spacial score (nSPS) is 11.3. The highest BCUT2D eigenvalue weighted by molar-refractivity contribution is 7.89. The van der Waals surface area contributed by atoms with Gasteiger partial charge in [0.1, 0.15) is 16.3 Å². The van der Waals surface area contributed by atoms with Gasteiger partial charge in [-0.1, -0.05) is 16.8 Å². The van der Waals surface area contributed by atoms with E-state index in [0.717, 1.165) is 0 Å². The predicted molar refractivity (Wildman–Crippen MR) is 81.4 cm³/mol. The number of carbonyl (C=O) groups is 1. The van der Waals surface area contributed by atoms with Crippen LogP contribution in [0.5, 0.6) is 5.75 Å². The molecule has 0 saturated heterocycles. The highest BCUT2D eigenvalue weighted by atomic mass is 35.5. The summed E-state index contributed by atoms with van der Waals surface area (Å²) in [6.07, 6.45) is 0. The number of benzene rings is 1. The van der Waals surface area contributed by atoms with Crippen molar-refractivity contribution in [3.63, 3.8) is 0 Å². The fourth-order valence-electron chi connectivity index (χ4n) is 1.75. The van der Waals surface area contributed by atoms with Gasteiger partial charge in [0.05, 0.1) is 0 Å². The van der Waals surface area contributed by atoms with E-state index >= 15 is 0 Å². The van der Waals surface area contributed by atoms with Gasteiger partial charge in [-0.3, -0.25) is 10.2 Å². The predicted octanol–water partition coefficient (Wildman–Crippen LogP) is 1.33. The fourth-order valence-corrected chi connectivity index (χ4v) is 3.07. The van der Waals surface area contributed by atoms with Crippen molar-refractivity contribution in [1.82, 2.24) is 15.4 Å². The van der Waals surface area contributed by atoms with Crippen molar-refractivity contribution in [3.8, 4) is 5.75 Å². The third kappa shape index (κ3) is 4.44. The zero-order valence-electron chi connectivity index (χ0n) is 12.3. The van der Waals surface area contributed by atoms with Crippen LogP contribution >= 0.6 is 11.6 Å². The van der Waals surface area contributed by atoms with Crippen LogP contribution in [0.1, 0.15) is 11.5 Å². The lowest BCUT2D eigenvalue weighted by Gasteiger charge is -2.09. The summed E-state index contributed by atoms with van der Waals surface area (Å²) in [5.41, 5.74) is 2.25. The van der Waals surface area contributed by atoms with Gasteiger partial charge >= 0.3 is 0 Å². The molecule has 0 aliphatic carbocycles. The van der Waals surface area contributed by atoms with Crippen LogP contribution < -0.4 is 15.0 Å².